The van der Waals surface area contributed by atoms with Crippen LogP contribution >= 0.6 is 11.3 Å². The minimum Gasteiger partial charge on any atom is -0.298 e. The Bertz CT molecular complexity index is 1250. The van der Waals surface area contributed by atoms with Gasteiger partial charge in [0.1, 0.15) is 5.69 Å². The summed E-state index contributed by atoms with van der Waals surface area (Å²) in [7, 11) is -3.73. The van der Waals surface area contributed by atoms with Crippen molar-refractivity contribution in [2.45, 2.75) is 18.4 Å². The number of amides is 1. The lowest BCUT2D eigenvalue weighted by Crippen LogP contribution is -2.48. The van der Waals surface area contributed by atoms with Gasteiger partial charge in [0.2, 0.25) is 10.0 Å². The predicted octanol–water partition coefficient (Wildman–Crippen LogP) is 3.10. The number of nitrogens with zero attached hydrogens (tertiary/aromatic N) is 3. The number of piperazine rings is 1. The molecule has 1 aliphatic rings. The maximum atomic E-state index is 13.2. The third-order valence-corrected chi connectivity index (χ3v) is 8.05. The van der Waals surface area contributed by atoms with E-state index in [1.165, 1.54) is 28.9 Å². The maximum Gasteiger partial charge on any atom is 0.257 e. The van der Waals surface area contributed by atoms with Crippen LogP contribution in [0.3, 0.4) is 0 Å². The SMILES string of the molecule is CC(=O)c1csc(NC(=O)c2cccc(S(=O)(=O)N3CCN(Cc4ccccc4)CC3)c2)n1. The second-order valence-electron chi connectivity index (χ2n) is 7.74. The number of aromatic nitrogens is 1. The molecule has 1 fully saturated rings. The monoisotopic (exact) mass is 484 g/mol. The number of carbonyl (C=O) groups excluding carboxylic acids is 2. The van der Waals surface area contributed by atoms with Crippen molar-refractivity contribution in [2.75, 3.05) is 31.5 Å². The molecule has 3 aromatic rings. The van der Waals surface area contributed by atoms with Crippen molar-refractivity contribution in [1.29, 1.82) is 0 Å². The Labute approximate surface area is 196 Å². The van der Waals surface area contributed by atoms with E-state index in [9.17, 15) is 18.0 Å². The average Bonchev–Trinajstić information content (AvgIpc) is 3.29. The minimum absolute atomic E-state index is 0.0789. The molecule has 0 radical (unpaired) electrons. The Hall–Kier alpha value is -2.92. The van der Waals surface area contributed by atoms with Gasteiger partial charge in [-0.2, -0.15) is 4.31 Å². The molecule has 33 heavy (non-hydrogen) atoms. The van der Waals surface area contributed by atoms with Gasteiger partial charge in [-0.25, -0.2) is 13.4 Å². The second-order valence-corrected chi connectivity index (χ2v) is 10.5. The lowest BCUT2D eigenvalue weighted by atomic mass is 10.2. The molecule has 2 heterocycles. The van der Waals surface area contributed by atoms with Crippen LogP contribution in [0.1, 0.15) is 33.3 Å². The molecule has 1 amide bonds. The van der Waals surface area contributed by atoms with Crippen LogP contribution in [-0.2, 0) is 16.6 Å². The summed E-state index contributed by atoms with van der Waals surface area (Å²) in [6, 6.07) is 16.1. The van der Waals surface area contributed by atoms with E-state index < -0.39 is 15.9 Å². The van der Waals surface area contributed by atoms with Gasteiger partial charge in [-0.05, 0) is 23.8 Å². The first-order valence-electron chi connectivity index (χ1n) is 10.5. The summed E-state index contributed by atoms with van der Waals surface area (Å²) in [6.07, 6.45) is 0. The van der Waals surface area contributed by atoms with Crippen LogP contribution in [0.25, 0.3) is 0 Å². The van der Waals surface area contributed by atoms with E-state index in [1.54, 1.807) is 17.5 Å². The smallest absolute Gasteiger partial charge is 0.257 e. The molecule has 0 bridgehead atoms. The third kappa shape index (κ3) is 5.53. The summed E-state index contributed by atoms with van der Waals surface area (Å²) in [5.74, 6) is -0.673. The van der Waals surface area contributed by atoms with E-state index in [0.29, 0.717) is 26.2 Å². The Kier molecular flexibility index (Phi) is 6.99. The molecule has 0 spiro atoms. The summed E-state index contributed by atoms with van der Waals surface area (Å²) < 4.78 is 27.8. The number of thiazole rings is 1. The summed E-state index contributed by atoms with van der Waals surface area (Å²) in [6.45, 7) is 4.23. The van der Waals surface area contributed by atoms with Crippen LogP contribution in [0.2, 0.25) is 0 Å². The van der Waals surface area contributed by atoms with Gasteiger partial charge < -0.3 is 0 Å². The molecule has 0 saturated carbocycles. The molecular weight excluding hydrogens is 460 g/mol. The van der Waals surface area contributed by atoms with Gasteiger partial charge in [0.25, 0.3) is 5.91 Å². The van der Waals surface area contributed by atoms with Crippen molar-refractivity contribution < 1.29 is 18.0 Å². The number of sulfonamides is 1. The van der Waals surface area contributed by atoms with Crippen LogP contribution < -0.4 is 5.32 Å². The Morgan fingerprint density at radius 3 is 2.42 bits per heavy atom. The average molecular weight is 485 g/mol. The zero-order chi connectivity index (χ0) is 23.4. The molecule has 0 atom stereocenters. The summed E-state index contributed by atoms with van der Waals surface area (Å²) >= 11 is 1.14. The first kappa shape index (κ1) is 23.2. The van der Waals surface area contributed by atoms with E-state index >= 15 is 0 Å². The van der Waals surface area contributed by atoms with Gasteiger partial charge >= 0.3 is 0 Å². The van der Waals surface area contributed by atoms with Crippen molar-refractivity contribution in [3.8, 4) is 0 Å². The van der Waals surface area contributed by atoms with Crippen LogP contribution in [0.5, 0.6) is 0 Å². The molecule has 10 heteroatoms. The highest BCUT2D eigenvalue weighted by molar-refractivity contribution is 7.89. The highest BCUT2D eigenvalue weighted by Gasteiger charge is 2.29. The van der Waals surface area contributed by atoms with E-state index in [1.807, 2.05) is 18.2 Å². The molecule has 1 aliphatic heterocycles. The molecule has 172 valence electrons. The van der Waals surface area contributed by atoms with Gasteiger partial charge in [0, 0.05) is 50.6 Å². The Balaban J connectivity index is 1.41. The normalized spacial score (nSPS) is 15.3. The van der Waals surface area contributed by atoms with E-state index in [2.05, 4.69) is 27.3 Å². The Morgan fingerprint density at radius 2 is 1.76 bits per heavy atom. The lowest BCUT2D eigenvalue weighted by molar-refractivity contribution is 0.100. The molecular formula is C23H24N4O4S2. The van der Waals surface area contributed by atoms with Crippen molar-refractivity contribution >= 4 is 38.2 Å². The molecule has 1 N–H and O–H groups in total. The first-order chi connectivity index (χ1) is 15.8. The number of nitrogens with one attached hydrogen (secondary N) is 1. The van der Waals surface area contributed by atoms with E-state index in [4.69, 9.17) is 0 Å². The zero-order valence-corrected chi connectivity index (χ0v) is 19.7. The fourth-order valence-electron chi connectivity index (χ4n) is 3.58. The Morgan fingerprint density at radius 1 is 1.03 bits per heavy atom. The predicted molar refractivity (Wildman–Crippen MR) is 127 cm³/mol. The largest absolute Gasteiger partial charge is 0.298 e. The van der Waals surface area contributed by atoms with Crippen LogP contribution in [0.4, 0.5) is 5.13 Å². The fraction of sp³-hybridized carbons (Fsp3) is 0.261. The van der Waals surface area contributed by atoms with Gasteiger partial charge in [-0.3, -0.25) is 19.8 Å². The van der Waals surface area contributed by atoms with E-state index in [-0.39, 0.29) is 27.1 Å². The van der Waals surface area contributed by atoms with E-state index in [0.717, 1.165) is 17.9 Å². The molecule has 8 nitrogen and oxygen atoms in total. The number of hydrogen-bond donors (Lipinski definition) is 1. The summed E-state index contributed by atoms with van der Waals surface area (Å²) in [4.78, 5) is 30.4. The summed E-state index contributed by atoms with van der Waals surface area (Å²) in [5.41, 5.74) is 1.68. The number of Topliss-reactive ketones (excluding diaryl/α,β-unsaturated/α-hetero) is 1. The van der Waals surface area contributed by atoms with Crippen LogP contribution in [0, 0.1) is 0 Å². The zero-order valence-electron chi connectivity index (χ0n) is 18.1. The van der Waals surface area contributed by atoms with Crippen molar-refractivity contribution in [2.24, 2.45) is 0 Å². The molecule has 1 saturated heterocycles. The number of anilines is 1. The fourth-order valence-corrected chi connectivity index (χ4v) is 5.79. The van der Waals surface area contributed by atoms with Gasteiger partial charge in [-0.15, -0.1) is 11.3 Å². The lowest BCUT2D eigenvalue weighted by Gasteiger charge is -2.34. The number of ketones is 1. The van der Waals surface area contributed by atoms with Crippen LogP contribution in [-0.4, -0.2) is 60.5 Å². The number of rotatable bonds is 7. The van der Waals surface area contributed by atoms with Crippen LogP contribution in [0.15, 0.2) is 64.9 Å². The number of hydrogen-bond acceptors (Lipinski definition) is 7. The van der Waals surface area contributed by atoms with Crippen molar-refractivity contribution in [3.63, 3.8) is 0 Å². The molecule has 0 aliphatic carbocycles. The van der Waals surface area contributed by atoms with Crippen molar-refractivity contribution in [1.82, 2.24) is 14.2 Å². The number of benzene rings is 2. The minimum atomic E-state index is -3.73. The molecule has 0 unspecified atom stereocenters. The highest BCUT2D eigenvalue weighted by atomic mass is 32.2. The van der Waals surface area contributed by atoms with Gasteiger partial charge in [0.05, 0.1) is 4.90 Å². The highest BCUT2D eigenvalue weighted by Crippen LogP contribution is 2.21. The third-order valence-electron chi connectivity index (χ3n) is 5.40. The molecule has 1 aromatic heterocycles. The summed E-state index contributed by atoms with van der Waals surface area (Å²) in [5, 5.41) is 4.47. The topological polar surface area (TPSA) is 99.7 Å². The number of carbonyl (C=O) groups is 2. The quantitative estimate of drug-likeness (QED) is 0.518. The molecule has 2 aromatic carbocycles. The second kappa shape index (κ2) is 9.92. The van der Waals surface area contributed by atoms with Crippen molar-refractivity contribution in [3.05, 3.63) is 76.8 Å². The maximum absolute atomic E-state index is 13.2. The standard InChI is InChI=1S/C23H24N4O4S2/c1-17(28)21-16-32-23(24-21)25-22(29)19-8-5-9-20(14-19)33(30,31)27-12-10-26(11-13-27)15-18-6-3-2-4-7-18/h2-9,14,16H,10-13,15H2,1H3,(H,24,25,29). The first-order valence-corrected chi connectivity index (χ1v) is 12.8. The van der Waals surface area contributed by atoms with Gasteiger partial charge in [-0.1, -0.05) is 36.4 Å². The van der Waals surface area contributed by atoms with Gasteiger partial charge in [0.15, 0.2) is 10.9 Å². The molecule has 4 rings (SSSR count).